The third-order valence-corrected chi connectivity index (χ3v) is 3.68. The quantitative estimate of drug-likeness (QED) is 0.822. The molecule has 0 aromatic carbocycles. The molecule has 0 aliphatic carbocycles. The molecule has 0 spiro atoms. The Morgan fingerprint density at radius 3 is 3.10 bits per heavy atom. The first kappa shape index (κ1) is 17.7. The molecule has 1 amide bonds. The summed E-state index contributed by atoms with van der Waals surface area (Å²) in [6.45, 7) is 3.60. The van der Waals surface area contributed by atoms with E-state index in [0.29, 0.717) is 6.54 Å². The lowest BCUT2D eigenvalue weighted by molar-refractivity contribution is -0.122. The molecule has 1 aliphatic heterocycles. The van der Waals surface area contributed by atoms with Gasteiger partial charge in [0.15, 0.2) is 5.82 Å². The van der Waals surface area contributed by atoms with Gasteiger partial charge in [-0.15, -0.1) is 17.5 Å². The fraction of sp³-hybridized carbons (Fsp3) is 0.643. The van der Waals surface area contributed by atoms with Crippen molar-refractivity contribution >= 4 is 24.1 Å². The van der Waals surface area contributed by atoms with Crippen molar-refractivity contribution in [3.8, 4) is 0 Å². The summed E-state index contributed by atoms with van der Waals surface area (Å²) >= 11 is 0. The number of halogens is 1. The van der Waals surface area contributed by atoms with E-state index in [2.05, 4.69) is 20.4 Å². The van der Waals surface area contributed by atoms with Crippen LogP contribution in [-0.4, -0.2) is 41.3 Å². The van der Waals surface area contributed by atoms with E-state index >= 15 is 0 Å². The summed E-state index contributed by atoms with van der Waals surface area (Å²) in [5.41, 5.74) is 5.81. The van der Waals surface area contributed by atoms with Gasteiger partial charge in [0.25, 0.3) is 0 Å². The Kier molecular flexibility index (Phi) is 7.39. The van der Waals surface area contributed by atoms with Crippen LogP contribution in [-0.2, 0) is 4.79 Å². The maximum absolute atomic E-state index is 11.9. The van der Waals surface area contributed by atoms with Crippen molar-refractivity contribution in [1.29, 1.82) is 0 Å². The third-order valence-electron chi connectivity index (χ3n) is 3.68. The molecule has 1 aliphatic rings. The molecule has 6 nitrogen and oxygen atoms in total. The zero-order valence-electron chi connectivity index (χ0n) is 12.4. The number of anilines is 1. The van der Waals surface area contributed by atoms with Crippen LogP contribution in [0.4, 0.5) is 5.82 Å². The molecule has 2 heterocycles. The number of hydrogen-bond donors (Lipinski definition) is 2. The number of carbonyl (C=O) groups is 1. The normalized spacial score (nSPS) is 19.0. The molecule has 1 saturated heterocycles. The monoisotopic (exact) mass is 313 g/mol. The maximum atomic E-state index is 11.9. The minimum Gasteiger partial charge on any atom is -0.353 e. The van der Waals surface area contributed by atoms with Crippen molar-refractivity contribution in [1.82, 2.24) is 15.5 Å². The molecule has 0 saturated carbocycles. The van der Waals surface area contributed by atoms with E-state index in [4.69, 9.17) is 5.73 Å². The fourth-order valence-corrected chi connectivity index (χ4v) is 2.59. The van der Waals surface area contributed by atoms with E-state index in [-0.39, 0.29) is 24.4 Å². The van der Waals surface area contributed by atoms with E-state index in [9.17, 15) is 4.79 Å². The van der Waals surface area contributed by atoms with Crippen LogP contribution in [0.15, 0.2) is 18.3 Å². The van der Waals surface area contributed by atoms with Gasteiger partial charge in [-0.05, 0) is 31.4 Å². The lowest BCUT2D eigenvalue weighted by Crippen LogP contribution is -2.46. The molecule has 3 N–H and O–H groups in total. The van der Waals surface area contributed by atoms with Crippen molar-refractivity contribution in [2.24, 2.45) is 5.73 Å². The van der Waals surface area contributed by atoms with E-state index in [0.717, 1.165) is 38.0 Å². The number of nitrogens with zero attached hydrogens (tertiary/aromatic N) is 3. The van der Waals surface area contributed by atoms with Gasteiger partial charge in [-0.3, -0.25) is 4.79 Å². The largest absolute Gasteiger partial charge is 0.353 e. The third kappa shape index (κ3) is 4.82. The summed E-state index contributed by atoms with van der Waals surface area (Å²) in [7, 11) is 0. The van der Waals surface area contributed by atoms with E-state index in [1.54, 1.807) is 6.20 Å². The van der Waals surface area contributed by atoms with E-state index in [1.807, 2.05) is 19.1 Å². The van der Waals surface area contributed by atoms with E-state index < -0.39 is 6.04 Å². The Morgan fingerprint density at radius 1 is 1.62 bits per heavy atom. The van der Waals surface area contributed by atoms with Crippen molar-refractivity contribution in [2.45, 2.75) is 44.7 Å². The molecule has 118 valence electrons. The highest BCUT2D eigenvalue weighted by Crippen LogP contribution is 2.22. The Morgan fingerprint density at radius 2 is 2.43 bits per heavy atom. The predicted molar refractivity (Wildman–Crippen MR) is 85.5 cm³/mol. The summed E-state index contributed by atoms with van der Waals surface area (Å²) in [6, 6.07) is 3.72. The molecule has 7 heteroatoms. The number of amides is 1. The molecule has 2 atom stereocenters. The fourth-order valence-electron chi connectivity index (χ4n) is 2.59. The summed E-state index contributed by atoms with van der Waals surface area (Å²) in [4.78, 5) is 14.1. The lowest BCUT2D eigenvalue weighted by atomic mass is 10.1. The van der Waals surface area contributed by atoms with Crippen LogP contribution in [0.25, 0.3) is 0 Å². The molecule has 2 unspecified atom stereocenters. The maximum Gasteiger partial charge on any atom is 0.236 e. The van der Waals surface area contributed by atoms with Crippen LogP contribution in [0.3, 0.4) is 0 Å². The Labute approximate surface area is 131 Å². The van der Waals surface area contributed by atoms with Crippen LogP contribution >= 0.6 is 12.4 Å². The number of nitrogens with one attached hydrogen (secondary N) is 1. The minimum atomic E-state index is -0.397. The van der Waals surface area contributed by atoms with Crippen molar-refractivity contribution in [3.05, 3.63) is 18.3 Å². The van der Waals surface area contributed by atoms with Crippen molar-refractivity contribution < 1.29 is 4.79 Å². The lowest BCUT2D eigenvalue weighted by Gasteiger charge is -2.25. The van der Waals surface area contributed by atoms with Crippen LogP contribution in [0.1, 0.15) is 32.6 Å². The number of carbonyl (C=O) groups excluding carboxylic acids is 1. The van der Waals surface area contributed by atoms with Gasteiger partial charge in [-0.2, -0.15) is 5.10 Å². The first-order chi connectivity index (χ1) is 9.72. The average Bonchev–Trinajstić information content (AvgIpc) is 2.94. The zero-order chi connectivity index (χ0) is 14.4. The molecule has 1 aromatic rings. The highest BCUT2D eigenvalue weighted by atomic mass is 35.5. The highest BCUT2D eigenvalue weighted by molar-refractivity contribution is 5.85. The van der Waals surface area contributed by atoms with Crippen LogP contribution < -0.4 is 16.0 Å². The Hall–Kier alpha value is -1.40. The molecule has 0 radical (unpaired) electrons. The number of nitrogens with two attached hydrogens (primary N) is 1. The number of rotatable bonds is 6. The van der Waals surface area contributed by atoms with Crippen LogP contribution in [0.5, 0.6) is 0 Å². The Balaban J connectivity index is 0.00000220. The second-order valence-corrected chi connectivity index (χ2v) is 5.21. The number of aromatic nitrogens is 2. The second kappa shape index (κ2) is 8.79. The van der Waals surface area contributed by atoms with Gasteiger partial charge < -0.3 is 16.0 Å². The summed E-state index contributed by atoms with van der Waals surface area (Å²) in [5.74, 6) is 0.819. The first-order valence-electron chi connectivity index (χ1n) is 7.30. The average molecular weight is 314 g/mol. The van der Waals surface area contributed by atoms with Crippen molar-refractivity contribution in [3.63, 3.8) is 0 Å². The van der Waals surface area contributed by atoms with Gasteiger partial charge in [0.05, 0.1) is 6.04 Å². The SMILES string of the molecule is CCCC(N)C(=O)NCC1CCCN1c1cccnn1.Cl. The molecular weight excluding hydrogens is 290 g/mol. The zero-order valence-corrected chi connectivity index (χ0v) is 13.2. The first-order valence-corrected chi connectivity index (χ1v) is 7.30. The van der Waals surface area contributed by atoms with Gasteiger partial charge >= 0.3 is 0 Å². The van der Waals surface area contributed by atoms with Crippen LogP contribution in [0, 0.1) is 0 Å². The highest BCUT2D eigenvalue weighted by Gasteiger charge is 2.26. The van der Waals surface area contributed by atoms with Gasteiger partial charge in [0.2, 0.25) is 5.91 Å². The smallest absolute Gasteiger partial charge is 0.236 e. The molecule has 21 heavy (non-hydrogen) atoms. The molecule has 1 fully saturated rings. The molecular formula is C14H24ClN5O. The number of hydrogen-bond acceptors (Lipinski definition) is 5. The topological polar surface area (TPSA) is 84.1 Å². The van der Waals surface area contributed by atoms with Gasteiger partial charge in [-0.1, -0.05) is 13.3 Å². The predicted octanol–water partition coefficient (Wildman–Crippen LogP) is 1.11. The standard InChI is InChI=1S/C14H23N5O.ClH/c1-2-5-12(15)14(20)16-10-11-6-4-9-19(11)13-7-3-8-17-18-13;/h3,7-8,11-12H,2,4-6,9-10,15H2,1H3,(H,16,20);1H. The molecule has 2 rings (SSSR count). The van der Waals surface area contributed by atoms with Crippen molar-refractivity contribution in [2.75, 3.05) is 18.0 Å². The van der Waals surface area contributed by atoms with Gasteiger partial charge in [0.1, 0.15) is 0 Å². The summed E-state index contributed by atoms with van der Waals surface area (Å²) in [5, 5.41) is 11.0. The molecule has 0 bridgehead atoms. The summed E-state index contributed by atoms with van der Waals surface area (Å²) in [6.07, 6.45) is 5.48. The summed E-state index contributed by atoms with van der Waals surface area (Å²) < 4.78 is 0. The minimum absolute atomic E-state index is 0. The van der Waals surface area contributed by atoms with E-state index in [1.165, 1.54) is 0 Å². The van der Waals surface area contributed by atoms with Gasteiger partial charge in [0, 0.05) is 25.3 Å². The second-order valence-electron chi connectivity index (χ2n) is 5.21. The Bertz CT molecular complexity index is 431. The van der Waals surface area contributed by atoms with Crippen LogP contribution in [0.2, 0.25) is 0 Å². The molecule has 1 aromatic heterocycles. The van der Waals surface area contributed by atoms with Gasteiger partial charge in [-0.25, -0.2) is 0 Å².